The molecule has 0 aliphatic heterocycles. The molecule has 0 aliphatic carbocycles. The van der Waals surface area contributed by atoms with Gasteiger partial charge in [0.1, 0.15) is 24.0 Å². The predicted molar refractivity (Wildman–Crippen MR) is 120 cm³/mol. The number of rotatable bonds is 9. The average molecular weight is 443 g/mol. The Hall–Kier alpha value is -3.55. The predicted octanol–water partition coefficient (Wildman–Crippen LogP) is 4.05. The van der Waals surface area contributed by atoms with Gasteiger partial charge in [-0.25, -0.2) is 4.79 Å². The first-order valence-corrected chi connectivity index (χ1v) is 10.3. The van der Waals surface area contributed by atoms with Crippen molar-refractivity contribution in [2.45, 2.75) is 51.9 Å². The molecule has 8 nitrogen and oxygen atoms in total. The normalized spacial score (nSPS) is 11.8. The minimum absolute atomic E-state index is 0.0505. The number of ether oxygens (including phenoxy) is 3. The first-order chi connectivity index (χ1) is 15.2. The highest BCUT2D eigenvalue weighted by atomic mass is 16.6. The number of alkyl carbamates (subject to hydrolysis) is 1. The number of amides is 2. The van der Waals surface area contributed by atoms with Crippen LogP contribution in [0.2, 0.25) is 0 Å². The van der Waals surface area contributed by atoms with Crippen molar-refractivity contribution in [3.8, 4) is 5.75 Å². The summed E-state index contributed by atoms with van der Waals surface area (Å²) in [6, 6.07) is 15.0. The minimum atomic E-state index is -0.990. The molecule has 1 atom stereocenters. The summed E-state index contributed by atoms with van der Waals surface area (Å²) in [6.07, 6.45) is -0.747. The van der Waals surface area contributed by atoms with Crippen LogP contribution in [0.15, 0.2) is 54.6 Å². The lowest BCUT2D eigenvalue weighted by atomic mass is 10.1. The van der Waals surface area contributed by atoms with Crippen LogP contribution in [0.25, 0.3) is 0 Å². The van der Waals surface area contributed by atoms with Crippen LogP contribution < -0.4 is 15.4 Å². The molecule has 2 aromatic rings. The van der Waals surface area contributed by atoms with Crippen molar-refractivity contribution in [2.24, 2.45) is 0 Å². The molecule has 0 heterocycles. The zero-order valence-corrected chi connectivity index (χ0v) is 18.8. The molecule has 0 aromatic heterocycles. The van der Waals surface area contributed by atoms with E-state index < -0.39 is 29.6 Å². The number of hydrogen-bond acceptors (Lipinski definition) is 6. The third kappa shape index (κ3) is 9.07. The molecule has 0 aliphatic rings. The standard InChI is InChI=1S/C24H30N2O6/c1-24(2,3)32-23(29)26-20(22(28)25-18-10-12-19(30-4)13-11-18)14-15-21(27)31-16-17-8-6-5-7-9-17/h5-13,20H,14-16H2,1-4H3,(H,25,28)(H,26,29)/t20-/m0/s1. The summed E-state index contributed by atoms with van der Waals surface area (Å²) in [4.78, 5) is 37.2. The smallest absolute Gasteiger partial charge is 0.408 e. The van der Waals surface area contributed by atoms with Gasteiger partial charge in [-0.05, 0) is 57.0 Å². The van der Waals surface area contributed by atoms with E-state index in [4.69, 9.17) is 14.2 Å². The molecule has 2 N–H and O–H groups in total. The number of hydrogen-bond donors (Lipinski definition) is 2. The van der Waals surface area contributed by atoms with Gasteiger partial charge >= 0.3 is 12.1 Å². The molecular weight excluding hydrogens is 412 g/mol. The molecular formula is C24H30N2O6. The zero-order chi connectivity index (χ0) is 23.6. The first kappa shape index (κ1) is 24.7. The van der Waals surface area contributed by atoms with E-state index >= 15 is 0 Å². The molecule has 0 bridgehead atoms. The van der Waals surface area contributed by atoms with Gasteiger partial charge in [0.05, 0.1) is 7.11 Å². The van der Waals surface area contributed by atoms with E-state index in [9.17, 15) is 14.4 Å². The van der Waals surface area contributed by atoms with Crippen molar-refractivity contribution >= 4 is 23.7 Å². The van der Waals surface area contributed by atoms with Gasteiger partial charge in [-0.1, -0.05) is 30.3 Å². The first-order valence-electron chi connectivity index (χ1n) is 10.3. The third-order valence-corrected chi connectivity index (χ3v) is 4.24. The molecule has 32 heavy (non-hydrogen) atoms. The average Bonchev–Trinajstić information content (AvgIpc) is 2.75. The number of benzene rings is 2. The van der Waals surface area contributed by atoms with Gasteiger partial charge in [0.2, 0.25) is 5.91 Å². The molecule has 0 radical (unpaired) electrons. The Kier molecular flexibility index (Phi) is 9.07. The van der Waals surface area contributed by atoms with Crippen LogP contribution in [-0.4, -0.2) is 36.7 Å². The minimum Gasteiger partial charge on any atom is -0.497 e. The molecule has 0 spiro atoms. The van der Waals surface area contributed by atoms with Crippen molar-refractivity contribution in [1.82, 2.24) is 5.32 Å². The van der Waals surface area contributed by atoms with E-state index in [-0.39, 0.29) is 19.4 Å². The lowest BCUT2D eigenvalue weighted by molar-refractivity contribution is -0.145. The highest BCUT2D eigenvalue weighted by molar-refractivity contribution is 5.96. The maximum atomic E-state index is 12.8. The summed E-state index contributed by atoms with van der Waals surface area (Å²) in [5.41, 5.74) is 0.662. The van der Waals surface area contributed by atoms with Crippen LogP contribution in [0.4, 0.5) is 10.5 Å². The SMILES string of the molecule is COc1ccc(NC(=O)[C@H](CCC(=O)OCc2ccccc2)NC(=O)OC(C)(C)C)cc1. The summed E-state index contributed by atoms with van der Waals surface area (Å²) in [6.45, 7) is 5.31. The number of nitrogens with one attached hydrogen (secondary N) is 2. The fraction of sp³-hybridized carbons (Fsp3) is 0.375. The lowest BCUT2D eigenvalue weighted by Crippen LogP contribution is -2.46. The van der Waals surface area contributed by atoms with Crippen LogP contribution in [0, 0.1) is 0 Å². The van der Waals surface area contributed by atoms with Crippen molar-refractivity contribution in [1.29, 1.82) is 0 Å². The summed E-state index contributed by atoms with van der Waals surface area (Å²) < 4.78 is 15.6. The quantitative estimate of drug-likeness (QED) is 0.568. The monoisotopic (exact) mass is 442 g/mol. The van der Waals surface area contributed by atoms with E-state index in [1.54, 1.807) is 52.1 Å². The molecule has 0 saturated carbocycles. The fourth-order valence-corrected chi connectivity index (χ4v) is 2.69. The van der Waals surface area contributed by atoms with E-state index in [1.807, 2.05) is 30.3 Å². The Labute approximate surface area is 188 Å². The maximum absolute atomic E-state index is 12.8. The molecule has 0 saturated heterocycles. The van der Waals surface area contributed by atoms with Crippen molar-refractivity contribution in [3.63, 3.8) is 0 Å². The second-order valence-corrected chi connectivity index (χ2v) is 8.10. The molecule has 2 amide bonds. The van der Waals surface area contributed by atoms with E-state index in [1.165, 1.54) is 0 Å². The maximum Gasteiger partial charge on any atom is 0.408 e. The summed E-state index contributed by atoms with van der Waals surface area (Å²) in [5, 5.41) is 5.27. The second kappa shape index (κ2) is 11.7. The van der Waals surface area contributed by atoms with Crippen LogP contribution in [0.5, 0.6) is 5.75 Å². The Morgan fingerprint density at radius 3 is 2.22 bits per heavy atom. The second-order valence-electron chi connectivity index (χ2n) is 8.10. The molecule has 2 aromatic carbocycles. The van der Waals surface area contributed by atoms with Crippen molar-refractivity contribution < 1.29 is 28.6 Å². The third-order valence-electron chi connectivity index (χ3n) is 4.24. The van der Waals surface area contributed by atoms with Crippen LogP contribution in [0.1, 0.15) is 39.2 Å². The van der Waals surface area contributed by atoms with Crippen molar-refractivity contribution in [3.05, 3.63) is 60.2 Å². The number of anilines is 1. The van der Waals surface area contributed by atoms with Gasteiger partial charge in [-0.15, -0.1) is 0 Å². The molecule has 8 heteroatoms. The van der Waals surface area contributed by atoms with Gasteiger partial charge in [-0.2, -0.15) is 0 Å². The Bertz CT molecular complexity index is 891. The van der Waals surface area contributed by atoms with Gasteiger partial charge in [-0.3, -0.25) is 9.59 Å². The topological polar surface area (TPSA) is 103 Å². The van der Waals surface area contributed by atoms with Gasteiger partial charge in [0.15, 0.2) is 0 Å². The van der Waals surface area contributed by atoms with Crippen LogP contribution in [0.3, 0.4) is 0 Å². The van der Waals surface area contributed by atoms with Crippen molar-refractivity contribution in [2.75, 3.05) is 12.4 Å². The van der Waals surface area contributed by atoms with Gasteiger partial charge < -0.3 is 24.8 Å². The van der Waals surface area contributed by atoms with Crippen LogP contribution in [-0.2, 0) is 25.7 Å². The molecule has 2 rings (SSSR count). The van der Waals surface area contributed by atoms with E-state index in [0.29, 0.717) is 11.4 Å². The summed E-state index contributed by atoms with van der Waals surface area (Å²) >= 11 is 0. The summed E-state index contributed by atoms with van der Waals surface area (Å²) in [7, 11) is 1.55. The highest BCUT2D eigenvalue weighted by Gasteiger charge is 2.25. The number of esters is 1. The molecule has 0 fully saturated rings. The van der Waals surface area contributed by atoms with Gasteiger partial charge in [0.25, 0.3) is 0 Å². The number of methoxy groups -OCH3 is 1. The van der Waals surface area contributed by atoms with Gasteiger partial charge in [0, 0.05) is 12.1 Å². The lowest BCUT2D eigenvalue weighted by Gasteiger charge is -2.23. The van der Waals surface area contributed by atoms with Crippen LogP contribution >= 0.6 is 0 Å². The fourth-order valence-electron chi connectivity index (χ4n) is 2.69. The number of carbonyl (C=O) groups is 3. The largest absolute Gasteiger partial charge is 0.497 e. The Morgan fingerprint density at radius 1 is 0.969 bits per heavy atom. The summed E-state index contributed by atoms with van der Waals surface area (Å²) in [5.74, 6) is -0.299. The Balaban J connectivity index is 1.97. The van der Waals surface area contributed by atoms with E-state index in [2.05, 4.69) is 10.6 Å². The highest BCUT2D eigenvalue weighted by Crippen LogP contribution is 2.16. The van der Waals surface area contributed by atoms with E-state index in [0.717, 1.165) is 5.56 Å². The number of carbonyl (C=O) groups excluding carboxylic acids is 3. The Morgan fingerprint density at radius 2 is 1.62 bits per heavy atom. The zero-order valence-electron chi connectivity index (χ0n) is 18.8. The molecule has 172 valence electrons. The molecule has 0 unspecified atom stereocenters.